The zero-order chi connectivity index (χ0) is 15.7. The molecule has 0 fully saturated rings. The molecule has 1 aliphatic rings. The van der Waals surface area contributed by atoms with Crippen molar-refractivity contribution in [1.29, 1.82) is 10.7 Å². The van der Waals surface area contributed by atoms with Crippen LogP contribution in [0.3, 0.4) is 0 Å². The lowest BCUT2D eigenvalue weighted by Gasteiger charge is -2.17. The molecule has 2 aromatic carbocycles. The summed E-state index contributed by atoms with van der Waals surface area (Å²) in [7, 11) is 0. The topological polar surface area (TPSA) is 85.7 Å². The molecular weight excluding hydrogens is 272 g/mol. The minimum Gasteiger partial charge on any atom is -0.398 e. The molecule has 110 valence electrons. The lowest BCUT2D eigenvalue weighted by Crippen LogP contribution is -2.08. The van der Waals surface area contributed by atoms with Crippen LogP contribution in [0.2, 0.25) is 0 Å². The Bertz CT molecular complexity index is 786. The Morgan fingerprint density at radius 2 is 2.18 bits per heavy atom. The van der Waals surface area contributed by atoms with E-state index in [4.69, 9.17) is 11.1 Å². The molecule has 0 spiro atoms. The maximum atomic E-state index is 9.20. The van der Waals surface area contributed by atoms with E-state index in [-0.39, 0.29) is 6.04 Å². The third kappa shape index (κ3) is 2.42. The van der Waals surface area contributed by atoms with Gasteiger partial charge in [0.05, 0.1) is 17.7 Å². The molecule has 4 nitrogen and oxygen atoms in total. The highest BCUT2D eigenvalue weighted by molar-refractivity contribution is 6.01. The Morgan fingerprint density at radius 1 is 1.36 bits per heavy atom. The van der Waals surface area contributed by atoms with E-state index in [1.165, 1.54) is 5.56 Å². The van der Waals surface area contributed by atoms with Gasteiger partial charge in [-0.3, -0.25) is 0 Å². The molecule has 0 saturated carbocycles. The summed E-state index contributed by atoms with van der Waals surface area (Å²) in [6, 6.07) is 14.1. The summed E-state index contributed by atoms with van der Waals surface area (Å²) in [4.78, 5) is 0. The van der Waals surface area contributed by atoms with Crippen LogP contribution in [-0.4, -0.2) is 5.71 Å². The fraction of sp³-hybridized carbons (Fsp3) is 0.222. The van der Waals surface area contributed by atoms with Gasteiger partial charge < -0.3 is 16.5 Å². The quantitative estimate of drug-likeness (QED) is 0.596. The third-order valence-corrected chi connectivity index (χ3v) is 4.19. The Kier molecular flexibility index (Phi) is 3.56. The van der Waals surface area contributed by atoms with Gasteiger partial charge in [0.15, 0.2) is 0 Å². The van der Waals surface area contributed by atoms with Crippen molar-refractivity contribution in [3.63, 3.8) is 0 Å². The maximum Gasteiger partial charge on any atom is 0.0994 e. The zero-order valence-electron chi connectivity index (χ0n) is 12.5. The van der Waals surface area contributed by atoms with E-state index in [1.807, 2.05) is 30.3 Å². The van der Waals surface area contributed by atoms with E-state index in [2.05, 4.69) is 17.5 Å². The summed E-state index contributed by atoms with van der Waals surface area (Å²) in [5, 5.41) is 20.5. The normalized spacial score (nSPS) is 15.9. The monoisotopic (exact) mass is 290 g/mol. The minimum absolute atomic E-state index is 0.200. The number of nitriles is 1. The van der Waals surface area contributed by atoms with Crippen molar-refractivity contribution in [2.45, 2.75) is 25.8 Å². The van der Waals surface area contributed by atoms with Crippen LogP contribution in [0.5, 0.6) is 0 Å². The molecule has 3 rings (SSSR count). The first kappa shape index (κ1) is 14.2. The summed E-state index contributed by atoms with van der Waals surface area (Å²) in [5.41, 5.74) is 11.8. The number of benzene rings is 2. The largest absolute Gasteiger partial charge is 0.398 e. The second kappa shape index (κ2) is 5.53. The molecular formula is C18H18N4. The molecule has 4 N–H and O–H groups in total. The van der Waals surface area contributed by atoms with Crippen LogP contribution in [0.25, 0.3) is 0 Å². The van der Waals surface area contributed by atoms with Crippen LogP contribution >= 0.6 is 0 Å². The van der Waals surface area contributed by atoms with E-state index in [0.29, 0.717) is 11.4 Å². The lowest BCUT2D eigenvalue weighted by molar-refractivity contribution is 0.762. The fourth-order valence-corrected chi connectivity index (χ4v) is 3.08. The van der Waals surface area contributed by atoms with Gasteiger partial charge in [-0.15, -0.1) is 0 Å². The van der Waals surface area contributed by atoms with Crippen LogP contribution in [0.15, 0.2) is 36.4 Å². The molecule has 0 aromatic heterocycles. The SMILES string of the molecule is CC(=N)c1cc(N[C@@H]2CCc3c(C#N)cccc32)ccc1N. The summed E-state index contributed by atoms with van der Waals surface area (Å²) in [5.74, 6) is 0. The highest BCUT2D eigenvalue weighted by atomic mass is 14.9. The molecule has 0 saturated heterocycles. The Hall–Kier alpha value is -2.80. The van der Waals surface area contributed by atoms with Crippen molar-refractivity contribution in [3.05, 3.63) is 58.7 Å². The smallest absolute Gasteiger partial charge is 0.0994 e. The number of nitrogens with one attached hydrogen (secondary N) is 2. The second-order valence-corrected chi connectivity index (χ2v) is 5.65. The highest BCUT2D eigenvalue weighted by Gasteiger charge is 2.24. The Balaban J connectivity index is 1.90. The van der Waals surface area contributed by atoms with E-state index in [0.717, 1.165) is 35.2 Å². The van der Waals surface area contributed by atoms with Crippen LogP contribution in [0.4, 0.5) is 11.4 Å². The molecule has 0 amide bonds. The first-order chi connectivity index (χ1) is 10.6. The van der Waals surface area contributed by atoms with Gasteiger partial charge in [-0.25, -0.2) is 0 Å². The molecule has 1 atom stereocenters. The molecule has 0 unspecified atom stereocenters. The summed E-state index contributed by atoms with van der Waals surface area (Å²) < 4.78 is 0. The molecule has 0 heterocycles. The number of hydrogen-bond donors (Lipinski definition) is 3. The van der Waals surface area contributed by atoms with Crippen LogP contribution in [0.1, 0.15) is 41.6 Å². The molecule has 0 radical (unpaired) electrons. The van der Waals surface area contributed by atoms with Crippen molar-refractivity contribution in [1.82, 2.24) is 0 Å². The first-order valence-electron chi connectivity index (χ1n) is 7.33. The van der Waals surface area contributed by atoms with Gasteiger partial charge in [0.1, 0.15) is 0 Å². The van der Waals surface area contributed by atoms with E-state index in [9.17, 15) is 5.26 Å². The molecule has 2 aromatic rings. The van der Waals surface area contributed by atoms with E-state index in [1.54, 1.807) is 6.92 Å². The highest BCUT2D eigenvalue weighted by Crippen LogP contribution is 2.36. The van der Waals surface area contributed by atoms with Crippen molar-refractivity contribution >= 4 is 17.1 Å². The zero-order valence-corrected chi connectivity index (χ0v) is 12.5. The number of fused-ring (bicyclic) bond motifs is 1. The predicted molar refractivity (Wildman–Crippen MR) is 89.2 cm³/mol. The summed E-state index contributed by atoms with van der Waals surface area (Å²) in [6.07, 6.45) is 1.89. The Morgan fingerprint density at radius 3 is 2.91 bits per heavy atom. The van der Waals surface area contributed by atoms with Gasteiger partial charge in [-0.1, -0.05) is 12.1 Å². The van der Waals surface area contributed by atoms with Gasteiger partial charge in [0.2, 0.25) is 0 Å². The van der Waals surface area contributed by atoms with Gasteiger partial charge in [0, 0.05) is 22.6 Å². The van der Waals surface area contributed by atoms with Crippen molar-refractivity contribution < 1.29 is 0 Å². The molecule has 0 aliphatic heterocycles. The second-order valence-electron chi connectivity index (χ2n) is 5.65. The number of rotatable bonds is 3. The van der Waals surface area contributed by atoms with Crippen LogP contribution in [-0.2, 0) is 6.42 Å². The summed E-state index contributed by atoms with van der Waals surface area (Å²) in [6.45, 7) is 1.74. The molecule has 0 bridgehead atoms. The number of nitrogens with zero attached hydrogens (tertiary/aromatic N) is 1. The molecule has 4 heteroatoms. The standard InChI is InChI=1S/C18H18N4/c1-11(20)16-9-13(5-7-17(16)21)22-18-8-6-14-12(10-19)3-2-4-15(14)18/h2-5,7,9,18,20,22H,6,8,21H2,1H3/t18-/m1/s1. The fourth-order valence-electron chi connectivity index (χ4n) is 3.08. The van der Waals surface area contributed by atoms with E-state index >= 15 is 0 Å². The number of hydrogen-bond acceptors (Lipinski definition) is 4. The number of nitrogens with two attached hydrogens (primary N) is 1. The lowest BCUT2D eigenvalue weighted by atomic mass is 10.0. The van der Waals surface area contributed by atoms with Crippen molar-refractivity contribution in [2.75, 3.05) is 11.1 Å². The van der Waals surface area contributed by atoms with Crippen LogP contribution < -0.4 is 11.1 Å². The number of nitrogen functional groups attached to an aromatic ring is 1. The van der Waals surface area contributed by atoms with Gasteiger partial charge in [0.25, 0.3) is 0 Å². The summed E-state index contributed by atoms with van der Waals surface area (Å²) >= 11 is 0. The molecule has 1 aliphatic carbocycles. The predicted octanol–water partition coefficient (Wildman–Crippen LogP) is 3.63. The Labute approximate surface area is 130 Å². The molecule has 22 heavy (non-hydrogen) atoms. The number of anilines is 2. The minimum atomic E-state index is 0.200. The first-order valence-corrected chi connectivity index (χ1v) is 7.33. The van der Waals surface area contributed by atoms with Gasteiger partial charge in [-0.2, -0.15) is 5.26 Å². The average molecular weight is 290 g/mol. The van der Waals surface area contributed by atoms with Gasteiger partial charge in [-0.05, 0) is 55.2 Å². The average Bonchev–Trinajstić information content (AvgIpc) is 2.92. The van der Waals surface area contributed by atoms with Gasteiger partial charge >= 0.3 is 0 Å². The van der Waals surface area contributed by atoms with Crippen molar-refractivity contribution in [2.24, 2.45) is 0 Å². The van der Waals surface area contributed by atoms with Crippen LogP contribution in [0, 0.1) is 16.7 Å². The van der Waals surface area contributed by atoms with Crippen molar-refractivity contribution in [3.8, 4) is 6.07 Å². The van der Waals surface area contributed by atoms with E-state index < -0.39 is 0 Å². The maximum absolute atomic E-state index is 9.20. The third-order valence-electron chi connectivity index (χ3n) is 4.19.